The van der Waals surface area contributed by atoms with Crippen molar-refractivity contribution < 1.29 is 39.5 Å². The Kier molecular flexibility index (Phi) is 10.0. The van der Waals surface area contributed by atoms with Gasteiger partial charge in [-0.15, -0.1) is 0 Å². The maximum absolute atomic E-state index is 15.2. The van der Waals surface area contributed by atoms with E-state index in [9.17, 15) is 26.3 Å². The molecule has 0 radical (unpaired) electrons. The zero-order chi connectivity index (χ0) is 48.0. The molecule has 0 unspecified atom stereocenters. The summed E-state index contributed by atoms with van der Waals surface area (Å²) < 4.78 is 134. The van der Waals surface area contributed by atoms with Crippen LogP contribution in [0.3, 0.4) is 0 Å². The molecule has 0 bridgehead atoms. The third-order valence-corrected chi connectivity index (χ3v) is 12.4. The number of hydrogen-bond acceptors (Lipinski definition) is 0. The average Bonchev–Trinajstić information content (AvgIpc) is 3.81. The Balaban J connectivity index is 1.36. The number of alkyl halides is 9. The predicted molar refractivity (Wildman–Crippen MR) is 248 cm³/mol. The summed E-state index contributed by atoms with van der Waals surface area (Å²) >= 11 is 0. The van der Waals surface area contributed by atoms with Crippen LogP contribution in [0.15, 0.2) is 152 Å². The van der Waals surface area contributed by atoms with Crippen LogP contribution in [0.2, 0.25) is 0 Å². The number of benzene rings is 8. The number of aromatic nitrogens is 2. The molecule has 0 atom stereocenters. The first kappa shape index (κ1) is 43.6. The fourth-order valence-corrected chi connectivity index (χ4v) is 9.53. The van der Waals surface area contributed by atoms with E-state index in [4.69, 9.17) is 13.1 Å². The van der Waals surface area contributed by atoms with E-state index in [0.29, 0.717) is 55.0 Å². The van der Waals surface area contributed by atoms with Crippen molar-refractivity contribution in [1.29, 1.82) is 0 Å². The summed E-state index contributed by atoms with van der Waals surface area (Å²) in [6, 6.07) is 37.9. The van der Waals surface area contributed by atoms with Crippen molar-refractivity contribution in [2.24, 2.45) is 0 Å². The number of para-hydroxylation sites is 2. The lowest BCUT2D eigenvalue weighted by Crippen LogP contribution is -2.09. The third kappa shape index (κ3) is 7.01. The highest BCUT2D eigenvalue weighted by atomic mass is 19.4. The van der Waals surface area contributed by atoms with Crippen molar-refractivity contribution in [3.8, 4) is 44.8 Å². The fourth-order valence-electron chi connectivity index (χ4n) is 9.53. The Bertz CT molecular complexity index is 3820. The largest absolute Gasteiger partial charge is 0.417 e. The highest BCUT2D eigenvalue weighted by Crippen LogP contribution is 2.51. The van der Waals surface area contributed by atoms with Gasteiger partial charge < -0.3 is 9.13 Å². The molecule has 2 aromatic heterocycles. The highest BCUT2D eigenvalue weighted by molar-refractivity contribution is 6.14. The molecule has 0 spiro atoms. The van der Waals surface area contributed by atoms with Gasteiger partial charge in [0.05, 0.1) is 63.3 Å². The molecule has 13 heteroatoms. The lowest BCUT2D eigenvalue weighted by Gasteiger charge is -2.23. The molecular formula is C55H31F9N4. The van der Waals surface area contributed by atoms with Gasteiger partial charge in [0.1, 0.15) is 0 Å². The molecule has 0 fully saturated rings. The summed E-state index contributed by atoms with van der Waals surface area (Å²) in [6.45, 7) is 20.2. The van der Waals surface area contributed by atoms with Gasteiger partial charge in [0.15, 0.2) is 5.69 Å². The summed E-state index contributed by atoms with van der Waals surface area (Å²) in [4.78, 5) is 7.63. The SMILES string of the molecule is [C-]#[N+]c1cccc(C(F)(F)F)c1-c1ccc(-n2c3ccccc3c3ccc(-c4ccc(C(F)(F)F)cc4C)cc32)c([N+]#[C-])c1-n1c2ccccc2c2ccc(-c3ccc(C)cc3C(F)(F)F)cc21. The quantitative estimate of drug-likeness (QED) is 0.121. The highest BCUT2D eigenvalue weighted by Gasteiger charge is 2.37. The molecular weight excluding hydrogens is 888 g/mol. The average molecular weight is 919 g/mol. The second-order valence-corrected chi connectivity index (χ2v) is 16.5. The van der Waals surface area contributed by atoms with Gasteiger partial charge in [-0.05, 0) is 95.8 Å². The first-order valence-corrected chi connectivity index (χ1v) is 20.9. The van der Waals surface area contributed by atoms with E-state index in [1.54, 1.807) is 83.6 Å². The van der Waals surface area contributed by atoms with E-state index in [0.717, 1.165) is 35.7 Å². The van der Waals surface area contributed by atoms with E-state index in [-0.39, 0.29) is 45.0 Å². The standard InChI is InChI=1S/C55H31F9N4/c1-30-16-20-36(43(26-30)55(62,63)64)33-18-22-40-38-11-6-8-15-46(38)68(49(40)29-33)52-41(50-42(54(59,60)61)12-9-13-44(50)65-3)24-25-47(51(52)66-4)67-45-14-7-5-10-37(45)39-21-17-32(28-48(39)67)35-23-19-34(27-31(35)2)53(56,57)58/h5-29H,1-2H3. The van der Waals surface area contributed by atoms with Gasteiger partial charge in [-0.3, -0.25) is 0 Å². The summed E-state index contributed by atoms with van der Waals surface area (Å²) in [5.41, 5.74) is -0.221. The molecule has 10 aromatic rings. The van der Waals surface area contributed by atoms with E-state index in [2.05, 4.69) is 9.69 Å². The van der Waals surface area contributed by atoms with Crippen molar-refractivity contribution in [1.82, 2.24) is 9.13 Å². The van der Waals surface area contributed by atoms with Crippen LogP contribution in [-0.2, 0) is 18.5 Å². The van der Waals surface area contributed by atoms with E-state index in [1.807, 2.05) is 24.3 Å². The third-order valence-electron chi connectivity index (χ3n) is 12.4. The Morgan fingerprint density at radius 1 is 0.441 bits per heavy atom. The van der Waals surface area contributed by atoms with Crippen LogP contribution in [0.5, 0.6) is 0 Å². The van der Waals surface area contributed by atoms with Crippen molar-refractivity contribution in [2.75, 3.05) is 0 Å². The molecule has 0 N–H and O–H groups in total. The molecule has 68 heavy (non-hydrogen) atoms. The van der Waals surface area contributed by atoms with Crippen LogP contribution in [0.4, 0.5) is 50.9 Å². The maximum atomic E-state index is 15.2. The van der Waals surface area contributed by atoms with Crippen molar-refractivity contribution in [3.05, 3.63) is 202 Å². The van der Waals surface area contributed by atoms with Crippen LogP contribution in [0.1, 0.15) is 27.8 Å². The minimum atomic E-state index is -4.97. The molecule has 2 heterocycles. The van der Waals surface area contributed by atoms with Crippen molar-refractivity contribution >= 4 is 55.0 Å². The normalized spacial score (nSPS) is 12.3. The van der Waals surface area contributed by atoms with Gasteiger partial charge in [0, 0.05) is 27.1 Å². The molecule has 10 rings (SSSR count). The molecule has 0 amide bonds. The molecule has 0 aliphatic heterocycles. The van der Waals surface area contributed by atoms with Crippen LogP contribution in [0, 0.1) is 27.0 Å². The fraction of sp³-hybridized carbons (Fsp3) is 0.0909. The molecule has 4 nitrogen and oxygen atoms in total. The molecule has 334 valence electrons. The Morgan fingerprint density at radius 2 is 1.00 bits per heavy atom. The number of halogens is 9. The van der Waals surface area contributed by atoms with Crippen LogP contribution in [0.25, 0.3) is 98.1 Å². The number of nitrogens with zero attached hydrogens (tertiary/aromatic N) is 4. The lowest BCUT2D eigenvalue weighted by molar-refractivity contribution is -0.138. The van der Waals surface area contributed by atoms with Gasteiger partial charge in [0.25, 0.3) is 0 Å². The van der Waals surface area contributed by atoms with Crippen LogP contribution >= 0.6 is 0 Å². The second kappa shape index (κ2) is 15.7. The van der Waals surface area contributed by atoms with E-state index >= 15 is 13.2 Å². The Hall–Kier alpha value is -8.29. The first-order valence-electron chi connectivity index (χ1n) is 20.9. The summed E-state index contributed by atoms with van der Waals surface area (Å²) in [5.74, 6) is 0. The van der Waals surface area contributed by atoms with Crippen LogP contribution < -0.4 is 0 Å². The molecule has 0 aliphatic carbocycles. The van der Waals surface area contributed by atoms with Gasteiger partial charge >= 0.3 is 18.5 Å². The first-order chi connectivity index (χ1) is 32.4. The van der Waals surface area contributed by atoms with E-state index < -0.39 is 40.8 Å². The number of rotatable bonds is 5. The summed E-state index contributed by atoms with van der Waals surface area (Å²) in [7, 11) is 0. The van der Waals surface area contributed by atoms with Gasteiger partial charge in [-0.2, -0.15) is 39.5 Å². The predicted octanol–water partition coefficient (Wildman–Crippen LogP) is 17.7. The summed E-state index contributed by atoms with van der Waals surface area (Å²) in [6.07, 6.45) is -14.3. The maximum Gasteiger partial charge on any atom is 0.417 e. The molecule has 8 aromatic carbocycles. The van der Waals surface area contributed by atoms with Gasteiger partial charge in [0.2, 0.25) is 5.69 Å². The second-order valence-electron chi connectivity index (χ2n) is 16.5. The lowest BCUT2D eigenvalue weighted by atomic mass is 9.94. The molecule has 0 saturated heterocycles. The number of aryl methyl sites for hydroxylation is 2. The van der Waals surface area contributed by atoms with Gasteiger partial charge in [-0.1, -0.05) is 109 Å². The topological polar surface area (TPSA) is 18.6 Å². The Labute approximate surface area is 382 Å². The van der Waals surface area contributed by atoms with Gasteiger partial charge in [-0.25, -0.2) is 9.69 Å². The minimum absolute atomic E-state index is 0.0666. The number of hydrogen-bond donors (Lipinski definition) is 0. The van der Waals surface area contributed by atoms with E-state index in [1.165, 1.54) is 36.4 Å². The van der Waals surface area contributed by atoms with Crippen molar-refractivity contribution in [2.45, 2.75) is 32.4 Å². The zero-order valence-corrected chi connectivity index (χ0v) is 35.6. The van der Waals surface area contributed by atoms with Crippen LogP contribution in [-0.4, -0.2) is 9.13 Å². The Morgan fingerprint density at radius 3 is 1.59 bits per heavy atom. The smallest absolute Gasteiger partial charge is 0.319 e. The number of fused-ring (bicyclic) bond motifs is 6. The van der Waals surface area contributed by atoms with Crippen molar-refractivity contribution in [3.63, 3.8) is 0 Å². The monoisotopic (exact) mass is 918 g/mol. The molecule has 0 saturated carbocycles. The zero-order valence-electron chi connectivity index (χ0n) is 35.6. The minimum Gasteiger partial charge on any atom is -0.319 e. The summed E-state index contributed by atoms with van der Waals surface area (Å²) in [5, 5.41) is 2.55. The molecule has 0 aliphatic rings.